The van der Waals surface area contributed by atoms with Crippen LogP contribution >= 0.6 is 22.9 Å². The molecule has 1 aromatic rings. The van der Waals surface area contributed by atoms with Crippen LogP contribution in [0.5, 0.6) is 0 Å². The Hall–Kier alpha value is -0.540. The number of carbonyl (C=O) groups excluding carboxylic acids is 1. The lowest BCUT2D eigenvalue weighted by Crippen LogP contribution is -2.28. The topological polar surface area (TPSA) is 29.1 Å². The van der Waals surface area contributed by atoms with Crippen LogP contribution < -0.4 is 5.32 Å². The lowest BCUT2D eigenvalue weighted by molar-refractivity contribution is -0.120. The van der Waals surface area contributed by atoms with Crippen molar-refractivity contribution in [2.75, 3.05) is 0 Å². The van der Waals surface area contributed by atoms with Gasteiger partial charge in [-0.3, -0.25) is 4.79 Å². The molecule has 4 heteroatoms. The Kier molecular flexibility index (Phi) is 4.42. The molecule has 1 amide bonds. The van der Waals surface area contributed by atoms with Gasteiger partial charge < -0.3 is 5.32 Å². The van der Waals surface area contributed by atoms with Crippen molar-refractivity contribution < 1.29 is 4.79 Å². The Morgan fingerprint density at radius 3 is 3.00 bits per heavy atom. The zero-order valence-corrected chi connectivity index (χ0v) is 9.91. The first-order chi connectivity index (χ1) is 6.65. The van der Waals surface area contributed by atoms with E-state index in [0.29, 0.717) is 6.54 Å². The van der Waals surface area contributed by atoms with E-state index in [1.165, 1.54) is 10.4 Å². The predicted molar refractivity (Wildman–Crippen MR) is 60.9 cm³/mol. The molecule has 1 N–H and O–H groups in total. The first kappa shape index (κ1) is 11.5. The van der Waals surface area contributed by atoms with Gasteiger partial charge in [0.05, 0.1) is 6.54 Å². The maximum Gasteiger partial charge on any atom is 0.238 e. The van der Waals surface area contributed by atoms with E-state index < -0.39 is 5.38 Å². The lowest BCUT2D eigenvalue weighted by atomic mass is 10.2. The number of hydrogen-bond acceptors (Lipinski definition) is 2. The molecule has 1 heterocycles. The second-order valence-corrected chi connectivity index (χ2v) is 4.71. The van der Waals surface area contributed by atoms with Crippen LogP contribution in [0.25, 0.3) is 0 Å². The van der Waals surface area contributed by atoms with E-state index in [2.05, 4.69) is 18.3 Å². The summed E-state index contributed by atoms with van der Waals surface area (Å²) in [5.74, 6) is -0.109. The van der Waals surface area contributed by atoms with Gasteiger partial charge in [0.1, 0.15) is 5.38 Å². The molecule has 2 nitrogen and oxygen atoms in total. The van der Waals surface area contributed by atoms with Crippen molar-refractivity contribution in [3.8, 4) is 0 Å². The van der Waals surface area contributed by atoms with Gasteiger partial charge in [-0.2, -0.15) is 0 Å². The minimum atomic E-state index is -0.458. The summed E-state index contributed by atoms with van der Waals surface area (Å²) >= 11 is 7.30. The third kappa shape index (κ3) is 3.00. The molecule has 0 fully saturated rings. The van der Waals surface area contributed by atoms with Crippen molar-refractivity contribution in [2.24, 2.45) is 0 Å². The highest BCUT2D eigenvalue weighted by Crippen LogP contribution is 2.16. The molecule has 78 valence electrons. The summed E-state index contributed by atoms with van der Waals surface area (Å²) in [6.45, 7) is 4.38. The highest BCUT2D eigenvalue weighted by atomic mass is 35.5. The van der Waals surface area contributed by atoms with Crippen molar-refractivity contribution in [1.29, 1.82) is 0 Å². The largest absolute Gasteiger partial charge is 0.350 e. The number of rotatable bonds is 4. The normalized spacial score (nSPS) is 12.5. The number of alkyl halides is 1. The van der Waals surface area contributed by atoms with Crippen molar-refractivity contribution >= 4 is 28.8 Å². The zero-order valence-electron chi connectivity index (χ0n) is 8.34. The van der Waals surface area contributed by atoms with Crippen molar-refractivity contribution in [1.82, 2.24) is 5.32 Å². The van der Waals surface area contributed by atoms with E-state index in [1.807, 2.05) is 5.38 Å². The molecular formula is C10H14ClNOS. The van der Waals surface area contributed by atoms with E-state index >= 15 is 0 Å². The summed E-state index contributed by atoms with van der Waals surface area (Å²) in [5, 5.41) is 4.39. The van der Waals surface area contributed by atoms with Crippen LogP contribution in [0.2, 0.25) is 0 Å². The monoisotopic (exact) mass is 231 g/mol. The Morgan fingerprint density at radius 2 is 2.43 bits per heavy atom. The van der Waals surface area contributed by atoms with Crippen LogP contribution in [0.3, 0.4) is 0 Å². The standard InChI is InChI=1S/C10H14ClNOS/c1-3-8-4-5-14-9(8)6-12-10(13)7(2)11/h4-5,7H,3,6H2,1-2H3,(H,12,13). The number of aryl methyl sites for hydroxylation is 1. The van der Waals surface area contributed by atoms with Gasteiger partial charge in [-0.1, -0.05) is 6.92 Å². The number of thiophene rings is 1. The fraction of sp³-hybridized carbons (Fsp3) is 0.500. The molecule has 0 aliphatic rings. The van der Waals surface area contributed by atoms with E-state index in [-0.39, 0.29) is 5.91 Å². The molecule has 0 spiro atoms. The molecule has 1 rings (SSSR count). The molecule has 1 unspecified atom stereocenters. The zero-order chi connectivity index (χ0) is 10.6. The van der Waals surface area contributed by atoms with Crippen molar-refractivity contribution in [3.63, 3.8) is 0 Å². The van der Waals surface area contributed by atoms with Crippen LogP contribution in [0.1, 0.15) is 24.3 Å². The van der Waals surface area contributed by atoms with Crippen LogP contribution in [0.4, 0.5) is 0 Å². The van der Waals surface area contributed by atoms with Crippen molar-refractivity contribution in [3.05, 3.63) is 21.9 Å². The van der Waals surface area contributed by atoms with Gasteiger partial charge in [-0.05, 0) is 30.4 Å². The predicted octanol–water partition coefficient (Wildman–Crippen LogP) is 2.55. The molecule has 0 aromatic carbocycles. The van der Waals surface area contributed by atoms with Gasteiger partial charge in [0.25, 0.3) is 0 Å². The number of hydrogen-bond donors (Lipinski definition) is 1. The molecule has 0 saturated carbocycles. The SMILES string of the molecule is CCc1ccsc1CNC(=O)C(C)Cl. The van der Waals surface area contributed by atoms with Gasteiger partial charge in [0.15, 0.2) is 0 Å². The highest BCUT2D eigenvalue weighted by Gasteiger charge is 2.09. The van der Waals surface area contributed by atoms with E-state index in [1.54, 1.807) is 18.3 Å². The fourth-order valence-electron chi connectivity index (χ4n) is 1.15. The van der Waals surface area contributed by atoms with E-state index in [0.717, 1.165) is 6.42 Å². The van der Waals surface area contributed by atoms with Crippen LogP contribution in [0.15, 0.2) is 11.4 Å². The highest BCUT2D eigenvalue weighted by molar-refractivity contribution is 7.10. The summed E-state index contributed by atoms with van der Waals surface area (Å²) in [6, 6.07) is 2.09. The Labute approximate surface area is 93.3 Å². The van der Waals surface area contributed by atoms with Gasteiger partial charge >= 0.3 is 0 Å². The van der Waals surface area contributed by atoms with Crippen molar-refractivity contribution in [2.45, 2.75) is 32.2 Å². The van der Waals surface area contributed by atoms with Gasteiger partial charge in [-0.15, -0.1) is 22.9 Å². The van der Waals surface area contributed by atoms with Gasteiger partial charge in [0.2, 0.25) is 5.91 Å². The number of nitrogens with one attached hydrogen (secondary N) is 1. The Bertz CT molecular complexity index is 309. The molecule has 1 aromatic heterocycles. The van der Waals surface area contributed by atoms with Crippen LogP contribution in [-0.2, 0) is 17.8 Å². The molecule has 0 aliphatic carbocycles. The second kappa shape index (κ2) is 5.37. The summed E-state index contributed by atoms with van der Waals surface area (Å²) in [6.07, 6.45) is 1.01. The number of amides is 1. The molecule has 0 aliphatic heterocycles. The summed E-state index contributed by atoms with van der Waals surface area (Å²) in [7, 11) is 0. The van der Waals surface area contributed by atoms with E-state index in [4.69, 9.17) is 11.6 Å². The van der Waals surface area contributed by atoms with E-state index in [9.17, 15) is 4.79 Å². The maximum absolute atomic E-state index is 11.2. The first-order valence-electron chi connectivity index (χ1n) is 4.62. The average molecular weight is 232 g/mol. The summed E-state index contributed by atoms with van der Waals surface area (Å²) in [4.78, 5) is 12.4. The molecular weight excluding hydrogens is 218 g/mol. The third-order valence-corrected chi connectivity index (χ3v) is 3.16. The average Bonchev–Trinajstić information content (AvgIpc) is 2.60. The maximum atomic E-state index is 11.2. The molecule has 0 bridgehead atoms. The number of carbonyl (C=O) groups is 1. The number of halogens is 1. The second-order valence-electron chi connectivity index (χ2n) is 3.06. The quantitative estimate of drug-likeness (QED) is 0.793. The fourth-order valence-corrected chi connectivity index (χ4v) is 2.14. The third-order valence-electron chi connectivity index (χ3n) is 2.00. The smallest absolute Gasteiger partial charge is 0.238 e. The Balaban J connectivity index is 2.49. The first-order valence-corrected chi connectivity index (χ1v) is 5.93. The van der Waals surface area contributed by atoms with Gasteiger partial charge in [-0.25, -0.2) is 0 Å². The van der Waals surface area contributed by atoms with Crippen LogP contribution in [0, 0.1) is 0 Å². The molecule has 1 atom stereocenters. The molecule has 14 heavy (non-hydrogen) atoms. The minimum Gasteiger partial charge on any atom is -0.350 e. The molecule has 0 saturated heterocycles. The lowest BCUT2D eigenvalue weighted by Gasteiger charge is -2.06. The Morgan fingerprint density at radius 1 is 1.71 bits per heavy atom. The minimum absolute atomic E-state index is 0.109. The molecule has 0 radical (unpaired) electrons. The summed E-state index contributed by atoms with van der Waals surface area (Å²) < 4.78 is 0. The van der Waals surface area contributed by atoms with Crippen LogP contribution in [-0.4, -0.2) is 11.3 Å². The summed E-state index contributed by atoms with van der Waals surface area (Å²) in [5.41, 5.74) is 1.30. The van der Waals surface area contributed by atoms with Gasteiger partial charge in [0, 0.05) is 4.88 Å².